The average molecular weight is 326 g/mol. The first kappa shape index (κ1) is 14.8. The van der Waals surface area contributed by atoms with Crippen LogP contribution in [0.2, 0.25) is 0 Å². The molecule has 1 aliphatic heterocycles. The Bertz CT molecular complexity index is 870. The zero-order valence-electron chi connectivity index (χ0n) is 13.3. The van der Waals surface area contributed by atoms with Crippen molar-refractivity contribution in [3.05, 3.63) is 42.2 Å². The zero-order valence-corrected chi connectivity index (χ0v) is 13.3. The fraction of sp³-hybridized carbons (Fsp3) is 0.375. The summed E-state index contributed by atoms with van der Waals surface area (Å²) in [6.45, 7) is 1.53. The number of aryl methyl sites for hydroxylation is 1. The number of morpholine rings is 1. The average Bonchev–Trinajstić information content (AvgIpc) is 3.21. The fourth-order valence-electron chi connectivity index (χ4n) is 3.15. The molecule has 124 valence electrons. The maximum Gasteiger partial charge on any atom is 0.227 e. The van der Waals surface area contributed by atoms with Crippen molar-refractivity contribution < 1.29 is 9.53 Å². The molecule has 0 aliphatic carbocycles. The van der Waals surface area contributed by atoms with Gasteiger partial charge in [-0.1, -0.05) is 0 Å². The summed E-state index contributed by atoms with van der Waals surface area (Å²) in [5.41, 5.74) is 1.75. The van der Waals surface area contributed by atoms with E-state index in [4.69, 9.17) is 4.74 Å². The number of hydrogen-bond acceptors (Lipinski definition) is 5. The standard InChI is InChI=1S/C16H18N6O2/c1-21-16(19-10-20-21)13-9-24-6-5-22(13)14(23)7-11-8-18-15-12(11)3-2-4-17-15/h2-4,8,10,13H,5-7,9H2,1H3,(H,17,18). The van der Waals surface area contributed by atoms with Crippen LogP contribution in [0, 0.1) is 0 Å². The number of pyridine rings is 1. The maximum absolute atomic E-state index is 12.9. The van der Waals surface area contributed by atoms with E-state index in [0.717, 1.165) is 22.4 Å². The zero-order chi connectivity index (χ0) is 16.5. The van der Waals surface area contributed by atoms with Crippen LogP contribution in [0.15, 0.2) is 30.9 Å². The van der Waals surface area contributed by atoms with Crippen molar-refractivity contribution in [3.8, 4) is 0 Å². The third kappa shape index (κ3) is 2.54. The van der Waals surface area contributed by atoms with Crippen LogP contribution < -0.4 is 0 Å². The van der Waals surface area contributed by atoms with E-state index in [1.54, 1.807) is 10.9 Å². The largest absolute Gasteiger partial charge is 0.377 e. The highest BCUT2D eigenvalue weighted by atomic mass is 16.5. The molecule has 0 spiro atoms. The summed E-state index contributed by atoms with van der Waals surface area (Å²) in [4.78, 5) is 26.4. The topological polar surface area (TPSA) is 88.9 Å². The highest BCUT2D eigenvalue weighted by Gasteiger charge is 2.31. The van der Waals surface area contributed by atoms with Gasteiger partial charge in [0.25, 0.3) is 0 Å². The summed E-state index contributed by atoms with van der Waals surface area (Å²) in [5.74, 6) is 0.791. The van der Waals surface area contributed by atoms with Crippen molar-refractivity contribution >= 4 is 16.9 Å². The van der Waals surface area contributed by atoms with Crippen LogP contribution in [-0.4, -0.2) is 55.3 Å². The number of fused-ring (bicyclic) bond motifs is 1. The Balaban J connectivity index is 1.59. The molecule has 0 radical (unpaired) electrons. The number of amides is 1. The van der Waals surface area contributed by atoms with Crippen LogP contribution in [0.3, 0.4) is 0 Å². The summed E-state index contributed by atoms with van der Waals surface area (Å²) in [6, 6.07) is 3.64. The van der Waals surface area contributed by atoms with E-state index in [1.807, 2.05) is 30.3 Å². The lowest BCUT2D eigenvalue weighted by Gasteiger charge is -2.34. The van der Waals surface area contributed by atoms with Crippen LogP contribution in [0.25, 0.3) is 11.0 Å². The maximum atomic E-state index is 12.9. The number of nitrogens with one attached hydrogen (secondary N) is 1. The normalized spacial score (nSPS) is 18.2. The molecule has 3 aromatic heterocycles. The highest BCUT2D eigenvalue weighted by molar-refractivity contribution is 5.87. The van der Waals surface area contributed by atoms with Gasteiger partial charge in [-0.25, -0.2) is 9.97 Å². The van der Waals surface area contributed by atoms with Crippen molar-refractivity contribution in [2.24, 2.45) is 7.05 Å². The lowest BCUT2D eigenvalue weighted by molar-refractivity contribution is -0.139. The summed E-state index contributed by atoms with van der Waals surface area (Å²) in [7, 11) is 1.82. The molecule has 4 rings (SSSR count). The predicted molar refractivity (Wildman–Crippen MR) is 86.1 cm³/mol. The Kier molecular flexibility index (Phi) is 3.73. The number of carbonyl (C=O) groups excluding carboxylic acids is 1. The first-order valence-corrected chi connectivity index (χ1v) is 7.86. The molecular weight excluding hydrogens is 308 g/mol. The number of carbonyl (C=O) groups is 1. The second-order valence-electron chi connectivity index (χ2n) is 5.81. The smallest absolute Gasteiger partial charge is 0.227 e. The second-order valence-corrected chi connectivity index (χ2v) is 5.81. The number of aromatic amines is 1. The van der Waals surface area contributed by atoms with Crippen molar-refractivity contribution in [3.63, 3.8) is 0 Å². The van der Waals surface area contributed by atoms with Gasteiger partial charge in [0, 0.05) is 31.4 Å². The van der Waals surface area contributed by atoms with Gasteiger partial charge < -0.3 is 14.6 Å². The molecule has 0 saturated carbocycles. The van der Waals surface area contributed by atoms with Crippen molar-refractivity contribution in [2.75, 3.05) is 19.8 Å². The first-order valence-electron chi connectivity index (χ1n) is 7.86. The Morgan fingerprint density at radius 3 is 3.21 bits per heavy atom. The monoisotopic (exact) mass is 326 g/mol. The van der Waals surface area contributed by atoms with E-state index in [-0.39, 0.29) is 11.9 Å². The molecule has 1 aliphatic rings. The molecule has 1 unspecified atom stereocenters. The summed E-state index contributed by atoms with van der Waals surface area (Å²) >= 11 is 0. The van der Waals surface area contributed by atoms with Crippen LogP contribution >= 0.6 is 0 Å². The van der Waals surface area contributed by atoms with Gasteiger partial charge in [0.2, 0.25) is 5.91 Å². The third-order valence-corrected chi connectivity index (χ3v) is 4.37. The number of aromatic nitrogens is 5. The Labute approximate surface area is 138 Å². The van der Waals surface area contributed by atoms with Gasteiger partial charge in [-0.15, -0.1) is 0 Å². The minimum Gasteiger partial charge on any atom is -0.377 e. The van der Waals surface area contributed by atoms with E-state index < -0.39 is 0 Å². The second kappa shape index (κ2) is 6.04. The number of H-pyrrole nitrogens is 1. The van der Waals surface area contributed by atoms with E-state index in [0.29, 0.717) is 26.2 Å². The van der Waals surface area contributed by atoms with Gasteiger partial charge in [0.05, 0.1) is 19.6 Å². The van der Waals surface area contributed by atoms with Gasteiger partial charge >= 0.3 is 0 Å². The minimum atomic E-state index is -0.206. The highest BCUT2D eigenvalue weighted by Crippen LogP contribution is 2.24. The molecule has 0 bridgehead atoms. The Morgan fingerprint density at radius 2 is 2.38 bits per heavy atom. The molecule has 1 N–H and O–H groups in total. The molecule has 0 aromatic carbocycles. The van der Waals surface area contributed by atoms with E-state index in [1.165, 1.54) is 6.33 Å². The molecule has 24 heavy (non-hydrogen) atoms. The predicted octanol–water partition coefficient (Wildman–Crippen LogP) is 0.834. The quantitative estimate of drug-likeness (QED) is 0.770. The third-order valence-electron chi connectivity index (χ3n) is 4.37. The lowest BCUT2D eigenvalue weighted by Crippen LogP contribution is -2.45. The van der Waals surface area contributed by atoms with E-state index >= 15 is 0 Å². The summed E-state index contributed by atoms with van der Waals surface area (Å²) < 4.78 is 7.25. The summed E-state index contributed by atoms with van der Waals surface area (Å²) in [5, 5.41) is 5.08. The lowest BCUT2D eigenvalue weighted by atomic mass is 10.1. The van der Waals surface area contributed by atoms with E-state index in [2.05, 4.69) is 20.1 Å². The van der Waals surface area contributed by atoms with Crippen molar-refractivity contribution in [1.29, 1.82) is 0 Å². The molecule has 1 amide bonds. The molecule has 1 fully saturated rings. The molecule has 1 saturated heterocycles. The SMILES string of the molecule is Cn1ncnc1C1COCCN1C(=O)Cc1c[nH]c2ncccc12. The molecule has 8 nitrogen and oxygen atoms in total. The van der Waals surface area contributed by atoms with Gasteiger partial charge in [0.15, 0.2) is 5.82 Å². The number of rotatable bonds is 3. The number of hydrogen-bond donors (Lipinski definition) is 1. The Morgan fingerprint density at radius 1 is 1.46 bits per heavy atom. The molecule has 8 heteroatoms. The Hall–Kier alpha value is -2.74. The van der Waals surface area contributed by atoms with Crippen LogP contribution in [0.4, 0.5) is 0 Å². The summed E-state index contributed by atoms with van der Waals surface area (Å²) in [6.07, 6.45) is 5.40. The van der Waals surface area contributed by atoms with Crippen LogP contribution in [0.1, 0.15) is 17.4 Å². The van der Waals surface area contributed by atoms with E-state index in [9.17, 15) is 4.79 Å². The molecule has 4 heterocycles. The molecule has 3 aromatic rings. The number of ether oxygens (including phenoxy) is 1. The molecule has 1 atom stereocenters. The van der Waals surface area contributed by atoms with Crippen LogP contribution in [-0.2, 0) is 23.0 Å². The van der Waals surface area contributed by atoms with Gasteiger partial charge in [-0.2, -0.15) is 5.10 Å². The minimum absolute atomic E-state index is 0.0519. The first-order chi connectivity index (χ1) is 11.7. The number of nitrogens with zero attached hydrogens (tertiary/aromatic N) is 5. The van der Waals surface area contributed by atoms with Crippen molar-refractivity contribution in [1.82, 2.24) is 29.6 Å². The van der Waals surface area contributed by atoms with Crippen LogP contribution in [0.5, 0.6) is 0 Å². The molecular formula is C16H18N6O2. The van der Waals surface area contributed by atoms with Gasteiger partial charge in [0.1, 0.15) is 18.0 Å². The van der Waals surface area contributed by atoms with Gasteiger partial charge in [-0.05, 0) is 17.7 Å². The van der Waals surface area contributed by atoms with Gasteiger partial charge in [-0.3, -0.25) is 9.48 Å². The fourth-order valence-corrected chi connectivity index (χ4v) is 3.15. The van der Waals surface area contributed by atoms with Crippen molar-refractivity contribution in [2.45, 2.75) is 12.5 Å².